The van der Waals surface area contributed by atoms with Crippen LogP contribution in [0.15, 0.2) is 0 Å². The van der Waals surface area contributed by atoms with Crippen LogP contribution in [0.2, 0.25) is 0 Å². The van der Waals surface area contributed by atoms with E-state index in [9.17, 15) is 0 Å². The molecule has 8 unspecified atom stereocenters. The van der Waals surface area contributed by atoms with Crippen molar-refractivity contribution in [2.45, 2.75) is 48.9 Å². The van der Waals surface area contributed by atoms with Gasteiger partial charge in [0.1, 0.15) is 0 Å². The SMILES string of the molecule is C1CC2C(C1)C1CC3C4CCCC4C3[I-]CC21. The summed E-state index contributed by atoms with van der Waals surface area (Å²) in [5.74, 6) is 8.69. The van der Waals surface area contributed by atoms with Crippen molar-refractivity contribution in [3.05, 3.63) is 0 Å². The van der Waals surface area contributed by atoms with Crippen molar-refractivity contribution in [2.75, 3.05) is 4.43 Å². The van der Waals surface area contributed by atoms with Crippen LogP contribution < -0.4 is 21.2 Å². The third-order valence-electron chi connectivity index (χ3n) is 7.26. The van der Waals surface area contributed by atoms with Crippen molar-refractivity contribution in [2.24, 2.45) is 41.4 Å². The van der Waals surface area contributed by atoms with Crippen LogP contribution in [0.5, 0.6) is 0 Å². The molecule has 0 aromatic rings. The third kappa shape index (κ3) is 1.26. The maximum atomic E-state index is 1.75. The minimum absolute atomic E-state index is 0.596. The molecule has 5 fully saturated rings. The van der Waals surface area contributed by atoms with Gasteiger partial charge in [-0.2, -0.15) is 0 Å². The molecule has 17 heavy (non-hydrogen) atoms. The maximum absolute atomic E-state index is 1.75. The number of fused-ring (bicyclic) bond motifs is 8. The number of hydrogen-bond acceptors (Lipinski definition) is 0. The van der Waals surface area contributed by atoms with Crippen molar-refractivity contribution >= 4 is 0 Å². The van der Waals surface area contributed by atoms with E-state index >= 15 is 0 Å². The minimum atomic E-state index is 0.596. The Hall–Kier alpha value is 0.730. The number of hydrogen-bond donors (Lipinski definition) is 0. The third-order valence-corrected chi connectivity index (χ3v) is 11.6. The Morgan fingerprint density at radius 1 is 0.588 bits per heavy atom. The molecule has 0 spiro atoms. The van der Waals surface area contributed by atoms with E-state index in [0.29, 0.717) is 21.2 Å². The standard InChI is InChI=1S/C16H24I/c1-3-9-10(4-1)15-8-17-16-12-6-2-5-11(12)14(16)7-13(9)15/h9-16H,1-8H2/q-1. The average Bonchev–Trinajstić information content (AvgIpc) is 2.88. The molecule has 0 N–H and O–H groups in total. The quantitative estimate of drug-likeness (QED) is 0.445. The van der Waals surface area contributed by atoms with Gasteiger partial charge in [-0.3, -0.25) is 0 Å². The van der Waals surface area contributed by atoms with Crippen LogP contribution in [0.4, 0.5) is 0 Å². The van der Waals surface area contributed by atoms with E-state index in [0.717, 1.165) is 0 Å². The first-order chi connectivity index (χ1) is 8.43. The molecule has 0 amide bonds. The normalized spacial score (nSPS) is 64.0. The van der Waals surface area contributed by atoms with Crippen LogP contribution in [0, 0.1) is 41.4 Å². The van der Waals surface area contributed by atoms with Crippen LogP contribution in [-0.2, 0) is 0 Å². The summed E-state index contributed by atoms with van der Waals surface area (Å²) in [5.41, 5.74) is 0. The van der Waals surface area contributed by atoms with Crippen LogP contribution in [-0.4, -0.2) is 8.35 Å². The molecular weight excluding hydrogens is 319 g/mol. The molecule has 4 aliphatic carbocycles. The second kappa shape index (κ2) is 3.64. The van der Waals surface area contributed by atoms with Gasteiger partial charge >= 0.3 is 116 Å². The van der Waals surface area contributed by atoms with Crippen molar-refractivity contribution in [3.63, 3.8) is 0 Å². The molecule has 0 nitrogen and oxygen atoms in total. The molecule has 0 bridgehead atoms. The monoisotopic (exact) mass is 343 g/mol. The summed E-state index contributed by atoms with van der Waals surface area (Å²) in [5, 5.41) is 0. The zero-order valence-electron chi connectivity index (χ0n) is 10.7. The van der Waals surface area contributed by atoms with Gasteiger partial charge in [-0.05, 0) is 0 Å². The van der Waals surface area contributed by atoms with E-state index in [2.05, 4.69) is 0 Å². The Kier molecular flexibility index (Phi) is 2.25. The molecule has 4 saturated carbocycles. The molecule has 0 aromatic heterocycles. The Labute approximate surface area is 116 Å². The predicted molar refractivity (Wildman–Crippen MR) is 65.4 cm³/mol. The van der Waals surface area contributed by atoms with Crippen molar-refractivity contribution in [1.82, 2.24) is 0 Å². The molecular formula is C16H24I-. The van der Waals surface area contributed by atoms with Crippen LogP contribution >= 0.6 is 0 Å². The van der Waals surface area contributed by atoms with Gasteiger partial charge < -0.3 is 0 Å². The van der Waals surface area contributed by atoms with Gasteiger partial charge in [0, 0.05) is 0 Å². The van der Waals surface area contributed by atoms with Crippen molar-refractivity contribution < 1.29 is 21.2 Å². The number of halogens is 1. The van der Waals surface area contributed by atoms with Crippen molar-refractivity contribution in [1.29, 1.82) is 0 Å². The summed E-state index contributed by atoms with van der Waals surface area (Å²) in [7, 11) is 0. The Bertz CT molecular complexity index is 306. The summed E-state index contributed by atoms with van der Waals surface area (Å²) < 4.78 is 3.06. The summed E-state index contributed by atoms with van der Waals surface area (Å²) in [6.45, 7) is 0. The molecule has 0 aromatic carbocycles. The fraction of sp³-hybridized carbons (Fsp3) is 1.00. The van der Waals surface area contributed by atoms with Gasteiger partial charge in [-0.15, -0.1) is 0 Å². The molecule has 1 saturated heterocycles. The van der Waals surface area contributed by atoms with Crippen LogP contribution in [0.1, 0.15) is 44.9 Å². The first-order valence-corrected chi connectivity index (χ1v) is 10.8. The van der Waals surface area contributed by atoms with Crippen LogP contribution in [0.3, 0.4) is 0 Å². The zero-order valence-corrected chi connectivity index (χ0v) is 12.8. The fourth-order valence-electron chi connectivity index (χ4n) is 6.55. The van der Waals surface area contributed by atoms with Gasteiger partial charge in [-0.25, -0.2) is 0 Å². The second-order valence-corrected chi connectivity index (χ2v) is 10.7. The van der Waals surface area contributed by atoms with Gasteiger partial charge in [0.05, 0.1) is 0 Å². The second-order valence-electron chi connectivity index (χ2n) is 7.50. The molecule has 5 rings (SSSR count). The van der Waals surface area contributed by atoms with E-state index in [4.69, 9.17) is 0 Å². The van der Waals surface area contributed by atoms with Crippen molar-refractivity contribution in [3.8, 4) is 0 Å². The topological polar surface area (TPSA) is 0 Å². The fourth-order valence-corrected chi connectivity index (χ4v) is 12.1. The molecule has 5 aliphatic rings. The van der Waals surface area contributed by atoms with Gasteiger partial charge in [-0.1, -0.05) is 0 Å². The van der Waals surface area contributed by atoms with E-state index < -0.39 is 0 Å². The summed E-state index contributed by atoms with van der Waals surface area (Å²) in [6, 6.07) is 0. The summed E-state index contributed by atoms with van der Waals surface area (Å²) >= 11 is 0.596. The summed E-state index contributed by atoms with van der Waals surface area (Å²) in [6.07, 6.45) is 11.4. The van der Waals surface area contributed by atoms with Gasteiger partial charge in [0.2, 0.25) is 0 Å². The summed E-state index contributed by atoms with van der Waals surface area (Å²) in [4.78, 5) is 0. The van der Waals surface area contributed by atoms with E-state index in [-0.39, 0.29) is 0 Å². The van der Waals surface area contributed by atoms with Crippen LogP contribution in [0.25, 0.3) is 0 Å². The molecule has 1 heterocycles. The van der Waals surface area contributed by atoms with E-state index in [1.807, 2.05) is 0 Å². The molecule has 1 heteroatoms. The molecule has 0 radical (unpaired) electrons. The first kappa shape index (κ1) is 10.5. The zero-order chi connectivity index (χ0) is 11.0. The number of alkyl halides is 2. The van der Waals surface area contributed by atoms with E-state index in [1.54, 1.807) is 49.4 Å². The predicted octanol–water partition coefficient (Wildman–Crippen LogP) is 0.556. The Morgan fingerprint density at radius 2 is 1.24 bits per heavy atom. The molecule has 8 atom stereocenters. The molecule has 1 aliphatic heterocycles. The molecule has 96 valence electrons. The Balaban J connectivity index is 1.40. The first-order valence-electron chi connectivity index (χ1n) is 8.01. The average molecular weight is 343 g/mol. The Morgan fingerprint density at radius 3 is 2.06 bits per heavy atom. The van der Waals surface area contributed by atoms with Gasteiger partial charge in [0.15, 0.2) is 0 Å². The van der Waals surface area contributed by atoms with E-state index in [1.165, 1.54) is 45.3 Å². The van der Waals surface area contributed by atoms with Gasteiger partial charge in [0.25, 0.3) is 0 Å². The number of rotatable bonds is 0.